The Morgan fingerprint density at radius 1 is 0.833 bits per heavy atom. The van der Waals surface area contributed by atoms with Crippen LogP contribution in [0.15, 0.2) is 77.6 Å². The van der Waals surface area contributed by atoms with E-state index in [1.165, 1.54) is 6.20 Å². The monoisotopic (exact) mass is 321 g/mol. The van der Waals surface area contributed by atoms with Crippen LogP contribution in [0.1, 0.15) is 17.5 Å². The lowest BCUT2D eigenvalue weighted by atomic mass is 10.1. The maximum Gasteiger partial charge on any atom is 0.204 e. The van der Waals surface area contributed by atoms with E-state index in [1.54, 1.807) is 0 Å². The van der Waals surface area contributed by atoms with E-state index in [-0.39, 0.29) is 12.2 Å². The Balaban J connectivity index is 1.49. The molecule has 4 nitrogen and oxygen atoms in total. The van der Waals surface area contributed by atoms with E-state index in [2.05, 4.69) is 4.99 Å². The Kier molecular flexibility index (Phi) is 5.53. The number of ketones is 1. The minimum atomic E-state index is -0.0563. The van der Waals surface area contributed by atoms with Crippen LogP contribution in [0, 0.1) is 0 Å². The molecule has 1 aliphatic rings. The molecule has 0 aromatic heterocycles. The van der Waals surface area contributed by atoms with Gasteiger partial charge < -0.3 is 9.47 Å². The van der Waals surface area contributed by atoms with Crippen LogP contribution in [-0.2, 0) is 27.5 Å². The molecular weight excluding hydrogens is 302 g/mol. The fourth-order valence-electron chi connectivity index (χ4n) is 2.34. The number of carbonyl (C=O) groups excluding carboxylic acids is 1. The van der Waals surface area contributed by atoms with Gasteiger partial charge in [-0.1, -0.05) is 60.7 Å². The first-order valence-electron chi connectivity index (χ1n) is 7.88. The molecule has 4 heteroatoms. The number of hydrogen-bond donors (Lipinski definition) is 0. The Bertz CT molecular complexity index is 736. The highest BCUT2D eigenvalue weighted by molar-refractivity contribution is 6.10. The van der Waals surface area contributed by atoms with Crippen LogP contribution in [0.5, 0.6) is 0 Å². The fourth-order valence-corrected chi connectivity index (χ4v) is 2.34. The lowest BCUT2D eigenvalue weighted by Crippen LogP contribution is -2.20. The van der Waals surface area contributed by atoms with Crippen molar-refractivity contribution in [1.82, 2.24) is 0 Å². The van der Waals surface area contributed by atoms with E-state index in [1.807, 2.05) is 60.7 Å². The van der Waals surface area contributed by atoms with Gasteiger partial charge in [0.1, 0.15) is 6.61 Å². The maximum absolute atomic E-state index is 12.1. The minimum absolute atomic E-state index is 0.0563. The number of allylic oxidation sites excluding steroid dienone is 1. The smallest absolute Gasteiger partial charge is 0.204 e. The Morgan fingerprint density at radius 3 is 2.08 bits per heavy atom. The summed E-state index contributed by atoms with van der Waals surface area (Å²) in [6.45, 7) is 1.23. The Morgan fingerprint density at radius 2 is 1.46 bits per heavy atom. The zero-order valence-electron chi connectivity index (χ0n) is 13.4. The number of aliphatic imine (C=N–C) groups is 1. The van der Waals surface area contributed by atoms with Gasteiger partial charge in [-0.3, -0.25) is 9.79 Å². The molecule has 0 fully saturated rings. The molecule has 24 heavy (non-hydrogen) atoms. The third-order valence-corrected chi connectivity index (χ3v) is 3.62. The number of hydrogen-bond acceptors (Lipinski definition) is 4. The van der Waals surface area contributed by atoms with Crippen LogP contribution in [0.4, 0.5) is 0 Å². The molecule has 122 valence electrons. The summed E-state index contributed by atoms with van der Waals surface area (Å²) >= 11 is 0. The fraction of sp³-hybridized carbons (Fsp3) is 0.200. The third-order valence-electron chi connectivity index (χ3n) is 3.62. The number of rotatable bonds is 7. The van der Waals surface area contributed by atoms with E-state index in [0.717, 1.165) is 16.8 Å². The van der Waals surface area contributed by atoms with Crippen molar-refractivity contribution in [2.45, 2.75) is 19.6 Å². The summed E-state index contributed by atoms with van der Waals surface area (Å²) in [5.41, 5.74) is 2.85. The van der Waals surface area contributed by atoms with E-state index in [0.29, 0.717) is 25.6 Å². The van der Waals surface area contributed by atoms with Crippen molar-refractivity contribution in [3.8, 4) is 0 Å². The van der Waals surface area contributed by atoms with Crippen LogP contribution in [0.2, 0.25) is 0 Å². The minimum Gasteiger partial charge on any atom is -0.484 e. The molecule has 0 bridgehead atoms. The van der Waals surface area contributed by atoms with Gasteiger partial charge in [-0.15, -0.1) is 0 Å². The molecule has 1 heterocycles. The predicted molar refractivity (Wildman–Crippen MR) is 92.5 cm³/mol. The zero-order chi connectivity index (χ0) is 16.6. The lowest BCUT2D eigenvalue weighted by Gasteiger charge is -2.14. The molecule has 0 saturated carbocycles. The number of nitrogens with zero attached hydrogens (tertiary/aromatic N) is 1. The van der Waals surface area contributed by atoms with E-state index < -0.39 is 0 Å². The van der Waals surface area contributed by atoms with Crippen molar-refractivity contribution >= 4 is 11.5 Å². The molecule has 0 spiro atoms. The van der Waals surface area contributed by atoms with Crippen LogP contribution >= 0.6 is 0 Å². The third kappa shape index (κ3) is 4.64. The molecule has 0 radical (unpaired) electrons. The standard InChI is InChI=1S/C20H19NO3/c22-19-11-18(15-23-13-16-7-3-1-4-8-16)21-12-20(19)24-14-17-9-5-2-6-10-17/h1-10,12H,11,13-15H2. The number of ether oxygens (including phenoxy) is 2. The van der Waals surface area contributed by atoms with Gasteiger partial charge in [0.15, 0.2) is 5.76 Å². The number of carbonyl (C=O) groups is 1. The summed E-state index contributed by atoms with van der Waals surface area (Å²) in [6, 6.07) is 19.7. The summed E-state index contributed by atoms with van der Waals surface area (Å²) in [4.78, 5) is 16.4. The van der Waals surface area contributed by atoms with Gasteiger partial charge in [0, 0.05) is 0 Å². The summed E-state index contributed by atoms with van der Waals surface area (Å²) in [5.74, 6) is 0.255. The average Bonchev–Trinajstić information content (AvgIpc) is 2.63. The van der Waals surface area contributed by atoms with Crippen LogP contribution in [-0.4, -0.2) is 18.1 Å². The molecule has 0 amide bonds. The molecule has 2 aromatic carbocycles. The molecule has 1 aliphatic heterocycles. The second-order valence-electron chi connectivity index (χ2n) is 5.54. The van der Waals surface area contributed by atoms with Gasteiger partial charge in [0.25, 0.3) is 0 Å². The topological polar surface area (TPSA) is 47.9 Å². The summed E-state index contributed by atoms with van der Waals surface area (Å²) in [6.07, 6.45) is 1.74. The first-order chi connectivity index (χ1) is 11.8. The second kappa shape index (κ2) is 8.22. The summed E-state index contributed by atoms with van der Waals surface area (Å²) < 4.78 is 11.2. The van der Waals surface area contributed by atoms with Crippen molar-refractivity contribution in [2.75, 3.05) is 6.61 Å². The first kappa shape index (κ1) is 16.1. The molecule has 2 aromatic rings. The highest BCUT2D eigenvalue weighted by atomic mass is 16.5. The van der Waals surface area contributed by atoms with E-state index in [4.69, 9.17) is 9.47 Å². The first-order valence-corrected chi connectivity index (χ1v) is 7.88. The molecule has 0 atom stereocenters. The van der Waals surface area contributed by atoms with Crippen molar-refractivity contribution in [2.24, 2.45) is 4.99 Å². The summed E-state index contributed by atoms with van der Waals surface area (Å²) in [5, 5.41) is 0. The van der Waals surface area contributed by atoms with E-state index in [9.17, 15) is 4.79 Å². The van der Waals surface area contributed by atoms with Gasteiger partial charge in [-0.05, 0) is 11.1 Å². The van der Waals surface area contributed by atoms with Gasteiger partial charge in [-0.2, -0.15) is 0 Å². The molecular formula is C20H19NO3. The summed E-state index contributed by atoms with van der Waals surface area (Å²) in [7, 11) is 0. The van der Waals surface area contributed by atoms with Gasteiger partial charge in [0.05, 0.1) is 31.5 Å². The molecule has 0 aliphatic carbocycles. The molecule has 0 N–H and O–H groups in total. The zero-order valence-corrected chi connectivity index (χ0v) is 13.4. The average molecular weight is 321 g/mol. The normalized spacial score (nSPS) is 14.1. The second-order valence-corrected chi connectivity index (χ2v) is 5.54. The highest BCUT2D eigenvalue weighted by Crippen LogP contribution is 2.14. The van der Waals surface area contributed by atoms with E-state index >= 15 is 0 Å². The Hall–Kier alpha value is -2.72. The van der Waals surface area contributed by atoms with Crippen LogP contribution in [0.25, 0.3) is 0 Å². The van der Waals surface area contributed by atoms with Crippen molar-refractivity contribution in [1.29, 1.82) is 0 Å². The van der Waals surface area contributed by atoms with Crippen molar-refractivity contribution in [3.63, 3.8) is 0 Å². The highest BCUT2D eigenvalue weighted by Gasteiger charge is 2.18. The van der Waals surface area contributed by atoms with Gasteiger partial charge in [0.2, 0.25) is 5.78 Å². The van der Waals surface area contributed by atoms with Crippen LogP contribution in [0.3, 0.4) is 0 Å². The van der Waals surface area contributed by atoms with Gasteiger partial charge in [-0.25, -0.2) is 0 Å². The van der Waals surface area contributed by atoms with Crippen molar-refractivity contribution in [3.05, 3.63) is 83.7 Å². The quantitative estimate of drug-likeness (QED) is 0.781. The number of benzene rings is 2. The van der Waals surface area contributed by atoms with Crippen LogP contribution < -0.4 is 0 Å². The Labute approximate surface area is 141 Å². The maximum atomic E-state index is 12.1. The lowest BCUT2D eigenvalue weighted by molar-refractivity contribution is -0.118. The largest absolute Gasteiger partial charge is 0.484 e. The molecule has 0 saturated heterocycles. The number of Topliss-reactive ketones (excluding diaryl/α,β-unsaturated/α-hetero) is 1. The predicted octanol–water partition coefficient (Wildman–Crippen LogP) is 3.68. The molecule has 3 rings (SSSR count). The SMILES string of the molecule is O=C1CC(COCc2ccccc2)=NC=C1OCc1ccccc1. The molecule has 0 unspecified atom stereocenters. The van der Waals surface area contributed by atoms with Crippen molar-refractivity contribution < 1.29 is 14.3 Å². The van der Waals surface area contributed by atoms with Gasteiger partial charge >= 0.3 is 0 Å².